The van der Waals surface area contributed by atoms with Crippen LogP contribution in [0.15, 0.2) is 109 Å². The Balaban J connectivity index is 1.54. The Bertz CT molecular complexity index is 1640. The molecule has 2 heterocycles. The second-order valence-electron chi connectivity index (χ2n) is 10.3. The fourth-order valence-corrected chi connectivity index (χ4v) is 6.87. The van der Waals surface area contributed by atoms with Crippen molar-refractivity contribution in [3.05, 3.63) is 137 Å². The fourth-order valence-electron chi connectivity index (χ4n) is 6.87. The predicted octanol–water partition coefficient (Wildman–Crippen LogP) is 6.01. The van der Waals surface area contributed by atoms with Crippen LogP contribution < -0.4 is 9.64 Å². The maximum Gasteiger partial charge on any atom is 0.185 e. The van der Waals surface area contributed by atoms with Crippen molar-refractivity contribution in [3.63, 3.8) is 0 Å². The van der Waals surface area contributed by atoms with Gasteiger partial charge in [0, 0.05) is 28.3 Å². The summed E-state index contributed by atoms with van der Waals surface area (Å²) in [6.45, 7) is 0. The maximum atomic E-state index is 14.6. The van der Waals surface area contributed by atoms with Crippen LogP contribution in [0.1, 0.15) is 48.1 Å². The molecule has 190 valence electrons. The van der Waals surface area contributed by atoms with Crippen molar-refractivity contribution in [1.29, 1.82) is 0 Å². The Morgan fingerprint density at radius 3 is 2.05 bits per heavy atom. The SMILES string of the molecule is COc1ccc([C@H]2[C@H](C(=O)c3ccccc3)N3c4ccccc4C=C[C@H]3C23C(=O)c2ccccc2C3=O)cc1. The standard InChI is InChI=1S/C34H25NO4/c1-39-24-18-15-22(16-19-24)29-30(31(36)23-10-3-2-4-11-23)35-27-14-8-5-9-21(27)17-20-28(35)34(29)32(37)25-12-6-7-13-26(25)33(34)38/h2-20,28-30H,1H3/t28-,29-,30+/m0/s1. The van der Waals surface area contributed by atoms with E-state index < -0.39 is 23.4 Å². The predicted molar refractivity (Wildman–Crippen MR) is 150 cm³/mol. The highest BCUT2D eigenvalue weighted by atomic mass is 16.5. The molecule has 5 heteroatoms. The maximum absolute atomic E-state index is 14.6. The van der Waals surface area contributed by atoms with Crippen LogP contribution in [0.25, 0.3) is 6.08 Å². The van der Waals surface area contributed by atoms with Crippen LogP contribution in [-0.4, -0.2) is 36.5 Å². The third kappa shape index (κ3) is 3.10. The zero-order valence-corrected chi connectivity index (χ0v) is 21.3. The second kappa shape index (κ2) is 8.63. The van der Waals surface area contributed by atoms with Gasteiger partial charge in [-0.05, 0) is 29.3 Å². The fraction of sp³-hybridized carbons (Fsp3) is 0.147. The van der Waals surface area contributed by atoms with Crippen molar-refractivity contribution in [2.24, 2.45) is 5.41 Å². The molecule has 2 aliphatic heterocycles. The van der Waals surface area contributed by atoms with E-state index in [2.05, 4.69) is 0 Å². The zero-order chi connectivity index (χ0) is 26.7. The van der Waals surface area contributed by atoms with E-state index in [0.29, 0.717) is 22.4 Å². The molecule has 0 radical (unpaired) electrons. The summed E-state index contributed by atoms with van der Waals surface area (Å²) in [5.74, 6) is -0.658. The number of rotatable bonds is 4. The summed E-state index contributed by atoms with van der Waals surface area (Å²) in [7, 11) is 1.59. The third-order valence-corrected chi connectivity index (χ3v) is 8.51. The lowest BCUT2D eigenvalue weighted by molar-refractivity contribution is 0.0666. The van der Waals surface area contributed by atoms with E-state index in [1.807, 2.05) is 83.8 Å². The van der Waals surface area contributed by atoms with Crippen molar-refractivity contribution < 1.29 is 19.1 Å². The summed E-state index contributed by atoms with van der Waals surface area (Å²) in [4.78, 5) is 45.7. The van der Waals surface area contributed by atoms with Crippen LogP contribution >= 0.6 is 0 Å². The lowest BCUT2D eigenvalue weighted by Crippen LogP contribution is -2.48. The van der Waals surface area contributed by atoms with Crippen molar-refractivity contribution >= 4 is 29.1 Å². The number of carbonyl (C=O) groups is 3. The van der Waals surface area contributed by atoms with Gasteiger partial charge in [-0.2, -0.15) is 0 Å². The molecule has 0 amide bonds. The van der Waals surface area contributed by atoms with Gasteiger partial charge in [0.25, 0.3) is 0 Å². The molecule has 1 saturated heterocycles. The number of hydrogen-bond donors (Lipinski definition) is 0. The van der Waals surface area contributed by atoms with E-state index in [1.54, 1.807) is 43.5 Å². The molecule has 0 saturated carbocycles. The Morgan fingerprint density at radius 1 is 0.769 bits per heavy atom. The molecule has 0 unspecified atom stereocenters. The smallest absolute Gasteiger partial charge is 0.185 e. The van der Waals surface area contributed by atoms with Gasteiger partial charge in [-0.25, -0.2) is 0 Å². The summed E-state index contributed by atoms with van der Waals surface area (Å²) in [6.07, 6.45) is 3.92. The van der Waals surface area contributed by atoms with Gasteiger partial charge in [-0.3, -0.25) is 14.4 Å². The third-order valence-electron chi connectivity index (χ3n) is 8.51. The average molecular weight is 512 g/mol. The second-order valence-corrected chi connectivity index (χ2v) is 10.3. The lowest BCUT2D eigenvalue weighted by Gasteiger charge is -2.37. The average Bonchev–Trinajstić information content (AvgIpc) is 3.43. The molecule has 1 aliphatic carbocycles. The molecule has 3 aliphatic rings. The van der Waals surface area contributed by atoms with Crippen molar-refractivity contribution in [2.45, 2.75) is 18.0 Å². The monoisotopic (exact) mass is 511 g/mol. The molecule has 0 N–H and O–H groups in total. The Labute approximate surface area is 226 Å². The summed E-state index contributed by atoms with van der Waals surface area (Å²) < 4.78 is 5.40. The number of fused-ring (bicyclic) bond motifs is 5. The van der Waals surface area contributed by atoms with Crippen LogP contribution in [0.4, 0.5) is 5.69 Å². The van der Waals surface area contributed by atoms with Crippen molar-refractivity contribution in [2.75, 3.05) is 12.0 Å². The summed E-state index contributed by atoms with van der Waals surface area (Å²) in [5, 5.41) is 0. The van der Waals surface area contributed by atoms with Gasteiger partial charge in [0.2, 0.25) is 0 Å². The number of para-hydroxylation sites is 1. The molecule has 4 aromatic carbocycles. The summed E-state index contributed by atoms with van der Waals surface area (Å²) >= 11 is 0. The van der Waals surface area contributed by atoms with Crippen LogP contribution in [-0.2, 0) is 0 Å². The first-order chi connectivity index (χ1) is 19.1. The molecule has 5 nitrogen and oxygen atoms in total. The van der Waals surface area contributed by atoms with Gasteiger partial charge in [0.1, 0.15) is 17.2 Å². The minimum Gasteiger partial charge on any atom is -0.497 e. The normalized spacial score (nSPS) is 22.0. The molecule has 3 atom stereocenters. The zero-order valence-electron chi connectivity index (χ0n) is 21.3. The number of anilines is 1. The van der Waals surface area contributed by atoms with Crippen molar-refractivity contribution in [3.8, 4) is 5.75 Å². The summed E-state index contributed by atoms with van der Waals surface area (Å²) in [5.41, 5.74) is 2.41. The minimum absolute atomic E-state index is 0.125. The van der Waals surface area contributed by atoms with E-state index in [4.69, 9.17) is 4.74 Å². The number of methoxy groups -OCH3 is 1. The highest BCUT2D eigenvalue weighted by molar-refractivity contribution is 6.32. The molecule has 39 heavy (non-hydrogen) atoms. The van der Waals surface area contributed by atoms with E-state index in [1.165, 1.54) is 0 Å². The number of nitrogens with zero attached hydrogens (tertiary/aromatic N) is 1. The first kappa shape index (κ1) is 23.4. The highest BCUT2D eigenvalue weighted by Crippen LogP contribution is 2.61. The topological polar surface area (TPSA) is 63.7 Å². The molecule has 4 aromatic rings. The molecule has 7 rings (SSSR count). The van der Waals surface area contributed by atoms with Gasteiger partial charge >= 0.3 is 0 Å². The van der Waals surface area contributed by atoms with Gasteiger partial charge < -0.3 is 9.64 Å². The van der Waals surface area contributed by atoms with Gasteiger partial charge in [-0.15, -0.1) is 0 Å². The number of ketones is 3. The van der Waals surface area contributed by atoms with Gasteiger partial charge in [-0.1, -0.05) is 97.1 Å². The molecule has 0 bridgehead atoms. The first-order valence-corrected chi connectivity index (χ1v) is 13.0. The Kier molecular flexibility index (Phi) is 5.17. The van der Waals surface area contributed by atoms with E-state index in [0.717, 1.165) is 16.8 Å². The Morgan fingerprint density at radius 2 is 1.38 bits per heavy atom. The Hall–Kier alpha value is -4.77. The van der Waals surface area contributed by atoms with Gasteiger partial charge in [0.05, 0.1) is 13.2 Å². The summed E-state index contributed by atoms with van der Waals surface area (Å²) in [6, 6.07) is 30.0. The van der Waals surface area contributed by atoms with Crippen molar-refractivity contribution in [1.82, 2.24) is 0 Å². The number of hydrogen-bond acceptors (Lipinski definition) is 5. The molecular formula is C34H25NO4. The van der Waals surface area contributed by atoms with E-state index in [9.17, 15) is 14.4 Å². The number of benzene rings is 4. The molecular weight excluding hydrogens is 486 g/mol. The highest BCUT2D eigenvalue weighted by Gasteiger charge is 2.71. The van der Waals surface area contributed by atoms with Crippen LogP contribution in [0.2, 0.25) is 0 Å². The lowest BCUT2D eigenvalue weighted by atomic mass is 9.64. The van der Waals surface area contributed by atoms with Crippen LogP contribution in [0, 0.1) is 5.41 Å². The molecule has 1 spiro atoms. The molecule has 1 fully saturated rings. The largest absolute Gasteiger partial charge is 0.497 e. The van der Waals surface area contributed by atoms with Crippen LogP contribution in [0.3, 0.4) is 0 Å². The number of Topliss-reactive ketones (excluding diaryl/α,β-unsaturated/α-hetero) is 3. The van der Waals surface area contributed by atoms with Gasteiger partial charge in [0.15, 0.2) is 17.3 Å². The van der Waals surface area contributed by atoms with E-state index in [-0.39, 0.29) is 17.3 Å². The molecule has 0 aromatic heterocycles. The number of carbonyl (C=O) groups excluding carboxylic acids is 3. The quantitative estimate of drug-likeness (QED) is 0.248. The first-order valence-electron chi connectivity index (χ1n) is 13.0. The minimum atomic E-state index is -1.50. The van der Waals surface area contributed by atoms with Crippen LogP contribution in [0.5, 0.6) is 5.75 Å². The number of ether oxygens (including phenoxy) is 1. The van der Waals surface area contributed by atoms with E-state index >= 15 is 0 Å².